The van der Waals surface area contributed by atoms with Crippen LogP contribution in [0.3, 0.4) is 0 Å². The number of amides is 1. The highest BCUT2D eigenvalue weighted by molar-refractivity contribution is 6.04. The number of carbonyl (C=O) groups excluding carboxylic acids is 1. The Bertz CT molecular complexity index is 875. The molecule has 0 unspecified atom stereocenters. The van der Waals surface area contributed by atoms with E-state index in [0.29, 0.717) is 12.2 Å². The maximum atomic E-state index is 12.2. The van der Waals surface area contributed by atoms with Gasteiger partial charge in [0.2, 0.25) is 0 Å². The molecule has 1 amide bonds. The van der Waals surface area contributed by atoms with Crippen molar-refractivity contribution in [1.82, 2.24) is 9.55 Å². The predicted molar refractivity (Wildman–Crippen MR) is 88.8 cm³/mol. The molecule has 0 bridgehead atoms. The fourth-order valence-corrected chi connectivity index (χ4v) is 2.35. The number of aromatic nitrogens is 2. The molecule has 5 nitrogen and oxygen atoms in total. The number of alkyl halides is 3. The van der Waals surface area contributed by atoms with Crippen molar-refractivity contribution in [2.24, 2.45) is 0 Å². The summed E-state index contributed by atoms with van der Waals surface area (Å²) < 4.78 is 42.1. The van der Waals surface area contributed by atoms with Crippen LogP contribution in [0.4, 0.5) is 18.9 Å². The molecule has 1 heterocycles. The van der Waals surface area contributed by atoms with Gasteiger partial charge in [0.05, 0.1) is 6.33 Å². The standard InChI is InChI=1S/C18H14F3N3O2/c19-18(20,21)26-16-6-4-14(5-7-16)17(25)23-15-3-1-2-13(10-15)11-24-9-8-22-12-24/h1-10,12H,11H2,(H,23,25). The first-order valence-corrected chi connectivity index (χ1v) is 7.61. The molecule has 0 saturated carbocycles. The van der Waals surface area contributed by atoms with E-state index in [9.17, 15) is 18.0 Å². The lowest BCUT2D eigenvalue weighted by atomic mass is 10.1. The Kier molecular flexibility index (Phi) is 4.92. The van der Waals surface area contributed by atoms with Crippen molar-refractivity contribution in [2.45, 2.75) is 12.9 Å². The van der Waals surface area contributed by atoms with Gasteiger partial charge in [-0.1, -0.05) is 12.1 Å². The summed E-state index contributed by atoms with van der Waals surface area (Å²) in [7, 11) is 0. The Morgan fingerprint density at radius 1 is 1.15 bits per heavy atom. The van der Waals surface area contributed by atoms with Crippen molar-refractivity contribution in [3.63, 3.8) is 0 Å². The number of anilines is 1. The van der Waals surface area contributed by atoms with E-state index in [1.807, 2.05) is 29.0 Å². The topological polar surface area (TPSA) is 56.2 Å². The Labute approximate surface area is 147 Å². The fraction of sp³-hybridized carbons (Fsp3) is 0.111. The van der Waals surface area contributed by atoms with E-state index in [1.165, 1.54) is 12.1 Å². The van der Waals surface area contributed by atoms with Gasteiger partial charge in [0.25, 0.3) is 5.91 Å². The second kappa shape index (κ2) is 7.30. The number of nitrogens with zero attached hydrogens (tertiary/aromatic N) is 2. The van der Waals surface area contributed by atoms with Gasteiger partial charge >= 0.3 is 6.36 Å². The second-order valence-electron chi connectivity index (χ2n) is 5.46. The molecule has 26 heavy (non-hydrogen) atoms. The molecule has 134 valence electrons. The summed E-state index contributed by atoms with van der Waals surface area (Å²) in [6.07, 6.45) is 0.433. The van der Waals surface area contributed by atoms with Crippen LogP contribution in [-0.4, -0.2) is 21.8 Å². The molecule has 1 aromatic heterocycles. The third kappa shape index (κ3) is 4.85. The van der Waals surface area contributed by atoms with Crippen LogP contribution in [0.2, 0.25) is 0 Å². The molecule has 0 radical (unpaired) electrons. The summed E-state index contributed by atoms with van der Waals surface area (Å²) in [6, 6.07) is 12.0. The van der Waals surface area contributed by atoms with Crippen LogP contribution in [0.5, 0.6) is 5.75 Å². The van der Waals surface area contributed by atoms with Gasteiger partial charge in [-0.2, -0.15) is 0 Å². The van der Waals surface area contributed by atoms with Crippen LogP contribution >= 0.6 is 0 Å². The average Bonchev–Trinajstić information content (AvgIpc) is 3.07. The minimum atomic E-state index is -4.76. The highest BCUT2D eigenvalue weighted by Gasteiger charge is 2.31. The van der Waals surface area contributed by atoms with Crippen molar-refractivity contribution in [1.29, 1.82) is 0 Å². The van der Waals surface area contributed by atoms with Crippen molar-refractivity contribution in [3.8, 4) is 5.75 Å². The van der Waals surface area contributed by atoms with Gasteiger partial charge in [0, 0.05) is 30.2 Å². The smallest absolute Gasteiger partial charge is 0.406 e. The van der Waals surface area contributed by atoms with Gasteiger partial charge in [-0.3, -0.25) is 4.79 Å². The van der Waals surface area contributed by atoms with Gasteiger partial charge < -0.3 is 14.6 Å². The lowest BCUT2D eigenvalue weighted by Gasteiger charge is -2.10. The van der Waals surface area contributed by atoms with Crippen LogP contribution in [0.25, 0.3) is 0 Å². The highest BCUT2D eigenvalue weighted by atomic mass is 19.4. The summed E-state index contributed by atoms with van der Waals surface area (Å²) in [5, 5.41) is 2.72. The highest BCUT2D eigenvalue weighted by Crippen LogP contribution is 2.23. The third-order valence-corrected chi connectivity index (χ3v) is 3.46. The van der Waals surface area contributed by atoms with E-state index < -0.39 is 12.3 Å². The summed E-state index contributed by atoms with van der Waals surface area (Å²) >= 11 is 0. The summed E-state index contributed by atoms with van der Waals surface area (Å²) in [6.45, 7) is 0.604. The monoisotopic (exact) mass is 361 g/mol. The molecule has 3 rings (SSSR count). The quantitative estimate of drug-likeness (QED) is 0.745. The van der Waals surface area contributed by atoms with Crippen LogP contribution < -0.4 is 10.1 Å². The predicted octanol–water partition coefficient (Wildman–Crippen LogP) is 4.08. The molecule has 0 aliphatic carbocycles. The number of carbonyl (C=O) groups is 1. The second-order valence-corrected chi connectivity index (χ2v) is 5.46. The number of imidazole rings is 1. The minimum Gasteiger partial charge on any atom is -0.406 e. The van der Waals surface area contributed by atoms with Gasteiger partial charge in [-0.25, -0.2) is 4.98 Å². The van der Waals surface area contributed by atoms with E-state index in [4.69, 9.17) is 0 Å². The molecule has 2 aromatic carbocycles. The molecular weight excluding hydrogens is 347 g/mol. The zero-order chi connectivity index (χ0) is 18.6. The molecule has 0 fully saturated rings. The van der Waals surface area contributed by atoms with Gasteiger partial charge in [0.1, 0.15) is 5.75 Å². The molecule has 0 aliphatic heterocycles. The first kappa shape index (κ1) is 17.5. The van der Waals surface area contributed by atoms with Crippen molar-refractivity contribution in [2.75, 3.05) is 5.32 Å². The third-order valence-electron chi connectivity index (χ3n) is 3.46. The molecule has 0 spiro atoms. The van der Waals surface area contributed by atoms with Crippen molar-refractivity contribution < 1.29 is 22.7 Å². The van der Waals surface area contributed by atoms with E-state index in [1.54, 1.807) is 18.6 Å². The van der Waals surface area contributed by atoms with Crippen LogP contribution in [0.1, 0.15) is 15.9 Å². The number of benzene rings is 2. The Hall–Kier alpha value is -3.29. The number of hydrogen-bond donors (Lipinski definition) is 1. The molecule has 8 heteroatoms. The summed E-state index contributed by atoms with van der Waals surface area (Å²) in [5.41, 5.74) is 1.78. The van der Waals surface area contributed by atoms with Gasteiger partial charge in [0.15, 0.2) is 0 Å². The Morgan fingerprint density at radius 3 is 2.58 bits per heavy atom. The summed E-state index contributed by atoms with van der Waals surface area (Å²) in [4.78, 5) is 16.2. The first-order chi connectivity index (χ1) is 12.4. The lowest BCUT2D eigenvalue weighted by Crippen LogP contribution is -2.17. The van der Waals surface area contributed by atoms with Gasteiger partial charge in [-0.05, 0) is 42.0 Å². The van der Waals surface area contributed by atoms with Crippen molar-refractivity contribution in [3.05, 3.63) is 78.4 Å². The normalized spacial score (nSPS) is 11.2. The maximum absolute atomic E-state index is 12.2. The van der Waals surface area contributed by atoms with Crippen LogP contribution in [0, 0.1) is 0 Å². The number of hydrogen-bond acceptors (Lipinski definition) is 3. The Morgan fingerprint density at radius 2 is 1.92 bits per heavy atom. The molecule has 0 aliphatic rings. The van der Waals surface area contributed by atoms with E-state index in [-0.39, 0.29) is 11.3 Å². The number of ether oxygens (including phenoxy) is 1. The zero-order valence-corrected chi connectivity index (χ0v) is 13.4. The number of rotatable bonds is 5. The minimum absolute atomic E-state index is 0.222. The molecular formula is C18H14F3N3O2. The van der Waals surface area contributed by atoms with Crippen LogP contribution in [-0.2, 0) is 6.54 Å². The van der Waals surface area contributed by atoms with Crippen molar-refractivity contribution >= 4 is 11.6 Å². The van der Waals surface area contributed by atoms with Gasteiger partial charge in [-0.15, -0.1) is 13.2 Å². The SMILES string of the molecule is O=C(Nc1cccc(Cn2ccnc2)c1)c1ccc(OC(F)(F)F)cc1. The number of halogens is 3. The van der Waals surface area contributed by atoms with E-state index in [0.717, 1.165) is 17.7 Å². The van der Waals surface area contributed by atoms with Crippen LogP contribution in [0.15, 0.2) is 67.3 Å². The first-order valence-electron chi connectivity index (χ1n) is 7.61. The zero-order valence-electron chi connectivity index (χ0n) is 13.4. The average molecular weight is 361 g/mol. The molecule has 1 N–H and O–H groups in total. The molecule has 0 atom stereocenters. The molecule has 3 aromatic rings. The maximum Gasteiger partial charge on any atom is 0.573 e. The molecule has 0 saturated heterocycles. The number of nitrogens with one attached hydrogen (secondary N) is 1. The lowest BCUT2D eigenvalue weighted by molar-refractivity contribution is -0.274. The summed E-state index contributed by atoms with van der Waals surface area (Å²) in [5.74, 6) is -0.806. The largest absolute Gasteiger partial charge is 0.573 e. The van der Waals surface area contributed by atoms with E-state index in [2.05, 4.69) is 15.0 Å². The fourth-order valence-electron chi connectivity index (χ4n) is 2.35. The Balaban J connectivity index is 1.66. The van der Waals surface area contributed by atoms with E-state index >= 15 is 0 Å².